The maximum atomic E-state index is 9.23. The lowest BCUT2D eigenvalue weighted by atomic mass is 10.1. The van der Waals surface area contributed by atoms with Crippen LogP contribution in [0.3, 0.4) is 0 Å². The summed E-state index contributed by atoms with van der Waals surface area (Å²) in [5.74, 6) is 0.818. The molecule has 0 saturated heterocycles. The van der Waals surface area contributed by atoms with E-state index in [1.54, 1.807) is 7.11 Å². The molecule has 0 spiro atoms. The van der Waals surface area contributed by atoms with Crippen LogP contribution in [-0.4, -0.2) is 12.1 Å². The molecule has 1 aromatic heterocycles. The van der Waals surface area contributed by atoms with Gasteiger partial charge in [-0.25, -0.2) is 4.98 Å². The van der Waals surface area contributed by atoms with Crippen molar-refractivity contribution in [1.29, 1.82) is 5.26 Å². The van der Waals surface area contributed by atoms with E-state index in [0.717, 1.165) is 26.9 Å². The first-order chi connectivity index (χ1) is 9.13. The molecule has 0 unspecified atom stereocenters. The highest BCUT2D eigenvalue weighted by Crippen LogP contribution is 2.31. The summed E-state index contributed by atoms with van der Waals surface area (Å²) >= 11 is 1.50. The predicted octanol–water partition coefficient (Wildman–Crippen LogP) is 3.73. The lowest BCUT2D eigenvalue weighted by Gasteiger charge is -2.07. The van der Waals surface area contributed by atoms with Gasteiger partial charge in [-0.15, -0.1) is 0 Å². The van der Waals surface area contributed by atoms with Gasteiger partial charge in [-0.1, -0.05) is 11.8 Å². The van der Waals surface area contributed by atoms with Crippen LogP contribution in [0.25, 0.3) is 0 Å². The fourth-order valence-electron chi connectivity index (χ4n) is 1.77. The Kier molecular flexibility index (Phi) is 4.08. The van der Waals surface area contributed by atoms with Gasteiger partial charge in [-0.05, 0) is 49.7 Å². The van der Waals surface area contributed by atoms with Gasteiger partial charge in [0.2, 0.25) is 0 Å². The number of nitriles is 1. The number of nitrogens with zero attached hydrogens (tertiary/aromatic N) is 2. The molecule has 0 N–H and O–H groups in total. The van der Waals surface area contributed by atoms with Crippen molar-refractivity contribution >= 4 is 11.8 Å². The molecule has 19 heavy (non-hydrogen) atoms. The average Bonchev–Trinajstić information content (AvgIpc) is 2.39. The Hall–Kier alpha value is -1.99. The van der Waals surface area contributed by atoms with Crippen molar-refractivity contribution in [3.63, 3.8) is 0 Å². The summed E-state index contributed by atoms with van der Waals surface area (Å²) in [5, 5.41) is 9.98. The third-order valence-corrected chi connectivity index (χ3v) is 3.69. The topological polar surface area (TPSA) is 45.9 Å². The van der Waals surface area contributed by atoms with Crippen LogP contribution in [0.2, 0.25) is 0 Å². The molecule has 1 aromatic carbocycles. The Balaban J connectivity index is 2.34. The molecule has 0 fully saturated rings. The Labute approximate surface area is 117 Å². The van der Waals surface area contributed by atoms with Gasteiger partial charge < -0.3 is 4.74 Å². The van der Waals surface area contributed by atoms with Crippen molar-refractivity contribution in [2.24, 2.45) is 0 Å². The fraction of sp³-hybridized carbons (Fsp3) is 0.200. The van der Waals surface area contributed by atoms with Crippen LogP contribution in [0, 0.1) is 25.2 Å². The summed E-state index contributed by atoms with van der Waals surface area (Å²) in [5.41, 5.74) is 2.53. The van der Waals surface area contributed by atoms with Crippen molar-refractivity contribution in [1.82, 2.24) is 4.98 Å². The molecular weight excluding hydrogens is 256 g/mol. The van der Waals surface area contributed by atoms with E-state index in [1.807, 2.05) is 44.2 Å². The molecule has 0 atom stereocenters. The van der Waals surface area contributed by atoms with Gasteiger partial charge in [0, 0.05) is 10.6 Å². The molecule has 0 radical (unpaired) electrons. The van der Waals surface area contributed by atoms with Crippen molar-refractivity contribution in [3.8, 4) is 11.8 Å². The Morgan fingerprint density at radius 2 is 1.89 bits per heavy atom. The van der Waals surface area contributed by atoms with Gasteiger partial charge in [0.25, 0.3) is 0 Å². The average molecular weight is 270 g/mol. The van der Waals surface area contributed by atoms with Crippen molar-refractivity contribution in [2.75, 3.05) is 7.11 Å². The zero-order chi connectivity index (χ0) is 13.8. The third-order valence-electron chi connectivity index (χ3n) is 2.70. The zero-order valence-electron chi connectivity index (χ0n) is 11.1. The first kappa shape index (κ1) is 13.4. The van der Waals surface area contributed by atoms with E-state index in [2.05, 4.69) is 11.1 Å². The first-order valence-electron chi connectivity index (χ1n) is 5.84. The summed E-state index contributed by atoms with van der Waals surface area (Å²) in [4.78, 5) is 5.49. The Bertz CT molecular complexity index is 630. The number of methoxy groups -OCH3 is 1. The van der Waals surface area contributed by atoms with Gasteiger partial charge in [0.05, 0.1) is 12.7 Å². The first-order valence-corrected chi connectivity index (χ1v) is 6.66. The maximum absolute atomic E-state index is 9.23. The van der Waals surface area contributed by atoms with Gasteiger partial charge in [0.15, 0.2) is 0 Å². The predicted molar refractivity (Wildman–Crippen MR) is 75.5 cm³/mol. The van der Waals surface area contributed by atoms with Crippen LogP contribution in [0.5, 0.6) is 5.75 Å². The van der Waals surface area contributed by atoms with E-state index in [1.165, 1.54) is 11.8 Å². The van der Waals surface area contributed by atoms with E-state index in [4.69, 9.17) is 4.74 Å². The zero-order valence-corrected chi connectivity index (χ0v) is 11.9. The molecule has 4 heteroatoms. The van der Waals surface area contributed by atoms with E-state index >= 15 is 0 Å². The fourth-order valence-corrected chi connectivity index (χ4v) is 2.76. The van der Waals surface area contributed by atoms with Gasteiger partial charge in [-0.3, -0.25) is 0 Å². The van der Waals surface area contributed by atoms with Crippen LogP contribution in [-0.2, 0) is 0 Å². The molecule has 0 saturated carbocycles. The van der Waals surface area contributed by atoms with Crippen molar-refractivity contribution < 1.29 is 4.74 Å². The van der Waals surface area contributed by atoms with Crippen LogP contribution in [0.4, 0.5) is 0 Å². The number of aryl methyl sites for hydroxylation is 2. The summed E-state index contributed by atoms with van der Waals surface area (Å²) < 4.78 is 5.13. The molecule has 0 aliphatic rings. The summed E-state index contributed by atoms with van der Waals surface area (Å²) in [7, 11) is 1.64. The Morgan fingerprint density at radius 3 is 2.47 bits per heavy atom. The second-order valence-corrected chi connectivity index (χ2v) is 5.21. The summed E-state index contributed by atoms with van der Waals surface area (Å²) in [6, 6.07) is 11.9. The molecule has 2 rings (SSSR count). The van der Waals surface area contributed by atoms with E-state index in [0.29, 0.717) is 5.56 Å². The van der Waals surface area contributed by atoms with E-state index in [9.17, 15) is 5.26 Å². The highest BCUT2D eigenvalue weighted by atomic mass is 32.2. The SMILES string of the molecule is COc1ccc(Sc2nc(C)cc(C)c2C#N)cc1. The summed E-state index contributed by atoms with van der Waals surface area (Å²) in [6.07, 6.45) is 0. The normalized spacial score (nSPS) is 10.0. The number of hydrogen-bond acceptors (Lipinski definition) is 4. The van der Waals surface area contributed by atoms with Crippen LogP contribution < -0.4 is 4.74 Å². The number of rotatable bonds is 3. The van der Waals surface area contributed by atoms with Crippen molar-refractivity contribution in [2.45, 2.75) is 23.8 Å². The smallest absolute Gasteiger partial charge is 0.119 e. The largest absolute Gasteiger partial charge is 0.497 e. The minimum Gasteiger partial charge on any atom is -0.497 e. The maximum Gasteiger partial charge on any atom is 0.119 e. The summed E-state index contributed by atoms with van der Waals surface area (Å²) in [6.45, 7) is 3.87. The lowest BCUT2D eigenvalue weighted by Crippen LogP contribution is -1.94. The highest BCUT2D eigenvalue weighted by Gasteiger charge is 2.10. The molecule has 3 nitrogen and oxygen atoms in total. The second-order valence-electron chi connectivity index (χ2n) is 4.15. The van der Waals surface area contributed by atoms with Gasteiger partial charge in [-0.2, -0.15) is 5.26 Å². The van der Waals surface area contributed by atoms with E-state index < -0.39 is 0 Å². The molecule has 2 aromatic rings. The number of benzene rings is 1. The second kappa shape index (κ2) is 5.77. The minimum atomic E-state index is 0.645. The van der Waals surface area contributed by atoms with Crippen LogP contribution >= 0.6 is 11.8 Å². The molecule has 0 aliphatic heterocycles. The number of pyridine rings is 1. The molecule has 0 amide bonds. The van der Waals surface area contributed by atoms with Gasteiger partial charge >= 0.3 is 0 Å². The monoisotopic (exact) mass is 270 g/mol. The molecular formula is C15H14N2OS. The van der Waals surface area contributed by atoms with Crippen molar-refractivity contribution in [3.05, 3.63) is 47.2 Å². The van der Waals surface area contributed by atoms with Crippen LogP contribution in [0.15, 0.2) is 40.3 Å². The molecule has 1 heterocycles. The van der Waals surface area contributed by atoms with E-state index in [-0.39, 0.29) is 0 Å². The third kappa shape index (κ3) is 3.07. The minimum absolute atomic E-state index is 0.645. The number of hydrogen-bond donors (Lipinski definition) is 0. The highest BCUT2D eigenvalue weighted by molar-refractivity contribution is 7.99. The lowest BCUT2D eigenvalue weighted by molar-refractivity contribution is 0.414. The number of aromatic nitrogens is 1. The molecule has 96 valence electrons. The standard InChI is InChI=1S/C15H14N2OS/c1-10-8-11(2)17-15(14(10)9-16)19-13-6-4-12(18-3)5-7-13/h4-8H,1-3H3. The Morgan fingerprint density at radius 1 is 1.21 bits per heavy atom. The van der Waals surface area contributed by atoms with Gasteiger partial charge in [0.1, 0.15) is 16.8 Å². The number of ether oxygens (including phenoxy) is 1. The molecule has 0 aliphatic carbocycles. The van der Waals surface area contributed by atoms with Crippen LogP contribution in [0.1, 0.15) is 16.8 Å². The quantitative estimate of drug-likeness (QED) is 0.852. The molecule has 0 bridgehead atoms.